The van der Waals surface area contributed by atoms with Crippen molar-refractivity contribution in [1.82, 2.24) is 0 Å². The van der Waals surface area contributed by atoms with Crippen molar-refractivity contribution in [2.75, 3.05) is 26.4 Å². The normalized spacial score (nSPS) is 54.5. The van der Waals surface area contributed by atoms with Crippen LogP contribution in [-0.4, -0.2) is 233 Å². The second kappa shape index (κ2) is 19.8. The molecule has 8 fully saturated rings. The lowest BCUT2D eigenvalue weighted by atomic mass is 9.41. The Morgan fingerprint density at radius 1 is 0.582 bits per heavy atom. The van der Waals surface area contributed by atoms with Gasteiger partial charge in [-0.05, 0) is 74.5 Å². The predicted octanol–water partition coefficient (Wildman–Crippen LogP) is -5.26. The second-order valence-corrected chi connectivity index (χ2v) is 20.8. The summed E-state index contributed by atoms with van der Waals surface area (Å²) < 4.78 is 48.1. The molecule has 384 valence electrons. The fraction of sp³-hybridized carbons (Fsp3) is 0.932. The Hall–Kier alpha value is -1.63. The lowest BCUT2D eigenvalue weighted by molar-refractivity contribution is -0.397. The minimum absolute atomic E-state index is 0.118. The van der Waals surface area contributed by atoms with E-state index in [0.29, 0.717) is 44.9 Å². The highest BCUT2D eigenvalue weighted by Crippen LogP contribution is 2.72. The third kappa shape index (κ3) is 8.83. The van der Waals surface area contributed by atoms with Crippen molar-refractivity contribution in [2.45, 2.75) is 194 Å². The van der Waals surface area contributed by atoms with E-state index in [1.807, 2.05) is 6.92 Å². The molecule has 4 aliphatic heterocycles. The topological polar surface area (TPSA) is 374 Å². The minimum atomic E-state index is -1.96. The van der Waals surface area contributed by atoms with Gasteiger partial charge in [0.2, 0.25) is 6.29 Å². The molecule has 8 rings (SSSR count). The highest BCUT2D eigenvalue weighted by atomic mass is 16.8. The first kappa shape index (κ1) is 51.7. The summed E-state index contributed by atoms with van der Waals surface area (Å²) in [5, 5.41) is 148. The fourth-order valence-electron chi connectivity index (χ4n) is 13.4. The molecule has 8 aliphatic rings. The van der Waals surface area contributed by atoms with Gasteiger partial charge in [0.05, 0.1) is 37.9 Å². The van der Waals surface area contributed by atoms with Crippen LogP contribution in [0.5, 0.6) is 0 Å². The van der Waals surface area contributed by atoms with Gasteiger partial charge in [0.1, 0.15) is 97.7 Å². The highest BCUT2D eigenvalue weighted by Gasteiger charge is 2.68. The SMILES string of the molecule is C=C1C[C@@]23CC[C@H]4[C@@](C)(CCC[C@@]4(C)C(=O)O[C@@H]4O[C@H](CO)[C@@H](O)[C@H](O)[C@H]4O)[C@@H]2C[C@@H](O[C@@H]2O[C@H](CO)[C@@H](O)[C@H](O[C@@H]4O[C@H](CO)[C@@H](O)[C@H](O)[C@H]4O)[C@H]2O[C@@H]2O[C@H](CO)[C@@H](O)[C@H](O)[C@H]2O)[C@@H]1C3. The molecule has 0 radical (unpaired) electrons. The van der Waals surface area contributed by atoms with Gasteiger partial charge in [0.25, 0.3) is 0 Å². The maximum absolute atomic E-state index is 14.4. The van der Waals surface area contributed by atoms with E-state index in [1.165, 1.54) is 0 Å². The van der Waals surface area contributed by atoms with Crippen LogP contribution in [0.15, 0.2) is 12.2 Å². The summed E-state index contributed by atoms with van der Waals surface area (Å²) in [6, 6.07) is 0. The number of rotatable bonds is 12. The fourth-order valence-corrected chi connectivity index (χ4v) is 13.4. The molecule has 23 nitrogen and oxygen atoms in total. The van der Waals surface area contributed by atoms with Gasteiger partial charge < -0.3 is 109 Å². The summed E-state index contributed by atoms with van der Waals surface area (Å²) in [5.41, 5.74) is -0.989. The van der Waals surface area contributed by atoms with E-state index in [2.05, 4.69) is 13.5 Å². The Labute approximate surface area is 386 Å². The van der Waals surface area contributed by atoms with Gasteiger partial charge in [-0.15, -0.1) is 0 Å². The standard InChI is InChI=1S/C44H70O23/c1-16-10-44-8-5-23-42(2,6-4-7-43(23,3)41(59)67-39-34(58)31(55)27(51)21(14-47)63-39)24(44)9-18(17(16)11-44)60-40-36(66-38-33(57)30(54)26(50)20(13-46)62-38)35(28(52)22(15-48)64-40)65-37-32(56)29(53)25(49)19(12-45)61-37/h17-40,45-58H,1,4-15H2,2-3H3/t17-,18-,19-,20-,21-,22-,23+,24+,25-,26-,27-,28-,29+,30+,31+,32-,33-,34-,35+,36-,37+,38+,39+,40-,42-,43-,44-/m1/s1. The number of carbonyl (C=O) groups is 1. The summed E-state index contributed by atoms with van der Waals surface area (Å²) in [6.45, 7) is 5.29. The summed E-state index contributed by atoms with van der Waals surface area (Å²) in [7, 11) is 0. The molecule has 14 N–H and O–H groups in total. The summed E-state index contributed by atoms with van der Waals surface area (Å²) in [5.74, 6) is -1.31. The first-order valence-corrected chi connectivity index (χ1v) is 23.4. The van der Waals surface area contributed by atoms with E-state index in [1.54, 1.807) is 0 Å². The van der Waals surface area contributed by atoms with Crippen LogP contribution in [0.4, 0.5) is 0 Å². The zero-order valence-electron chi connectivity index (χ0n) is 37.5. The molecule has 4 saturated heterocycles. The van der Waals surface area contributed by atoms with Gasteiger partial charge in [-0.3, -0.25) is 4.79 Å². The molecule has 2 bridgehead atoms. The van der Waals surface area contributed by atoms with Crippen molar-refractivity contribution in [3.05, 3.63) is 12.2 Å². The van der Waals surface area contributed by atoms with Crippen molar-refractivity contribution in [3.8, 4) is 0 Å². The molecule has 0 aromatic heterocycles. The summed E-state index contributed by atoms with van der Waals surface area (Å²) >= 11 is 0. The molecule has 1 spiro atoms. The Balaban J connectivity index is 1.09. The third-order valence-corrected chi connectivity index (χ3v) is 17.0. The molecule has 4 saturated carbocycles. The van der Waals surface area contributed by atoms with E-state index in [9.17, 15) is 76.3 Å². The molecular weight excluding hydrogens is 896 g/mol. The van der Waals surface area contributed by atoms with Crippen LogP contribution in [0.3, 0.4) is 0 Å². The van der Waals surface area contributed by atoms with Crippen LogP contribution in [0.2, 0.25) is 0 Å². The Morgan fingerprint density at radius 2 is 1.06 bits per heavy atom. The second-order valence-electron chi connectivity index (χ2n) is 20.8. The minimum Gasteiger partial charge on any atom is -0.432 e. The van der Waals surface area contributed by atoms with Gasteiger partial charge in [-0.1, -0.05) is 25.5 Å². The molecule has 0 amide bonds. The molecule has 0 aromatic rings. The van der Waals surface area contributed by atoms with Crippen molar-refractivity contribution in [2.24, 2.45) is 34.0 Å². The molecule has 23 heteroatoms. The van der Waals surface area contributed by atoms with Crippen molar-refractivity contribution in [1.29, 1.82) is 0 Å². The maximum atomic E-state index is 14.4. The van der Waals surface area contributed by atoms with E-state index in [-0.39, 0.29) is 23.2 Å². The van der Waals surface area contributed by atoms with Crippen LogP contribution in [0.1, 0.15) is 65.2 Å². The number of fused-ring (bicyclic) bond motifs is 3. The first-order valence-electron chi connectivity index (χ1n) is 23.4. The lowest BCUT2D eigenvalue weighted by Gasteiger charge is -2.64. The quantitative estimate of drug-likeness (QED) is 0.0494. The van der Waals surface area contributed by atoms with Crippen LogP contribution < -0.4 is 0 Å². The van der Waals surface area contributed by atoms with Crippen LogP contribution in [0, 0.1) is 34.0 Å². The third-order valence-electron chi connectivity index (χ3n) is 17.0. The number of carbonyl (C=O) groups excluding carboxylic acids is 1. The largest absolute Gasteiger partial charge is 0.432 e. The number of ether oxygens (including phenoxy) is 8. The Kier molecular flexibility index (Phi) is 15.3. The first-order chi connectivity index (χ1) is 31.7. The van der Waals surface area contributed by atoms with Crippen molar-refractivity contribution >= 4 is 5.97 Å². The number of aliphatic hydroxyl groups is 14. The molecule has 67 heavy (non-hydrogen) atoms. The molecule has 27 atom stereocenters. The van der Waals surface area contributed by atoms with Gasteiger partial charge in [-0.25, -0.2) is 0 Å². The zero-order chi connectivity index (χ0) is 48.7. The van der Waals surface area contributed by atoms with Crippen molar-refractivity contribution in [3.63, 3.8) is 0 Å². The molecule has 4 heterocycles. The maximum Gasteiger partial charge on any atom is 0.314 e. The lowest BCUT2D eigenvalue weighted by Crippen LogP contribution is -2.67. The average molecular weight is 967 g/mol. The number of hydrogen-bond donors (Lipinski definition) is 14. The predicted molar refractivity (Wildman–Crippen MR) is 219 cm³/mol. The van der Waals surface area contributed by atoms with Crippen LogP contribution in [0.25, 0.3) is 0 Å². The van der Waals surface area contributed by atoms with Gasteiger partial charge in [0, 0.05) is 5.92 Å². The highest BCUT2D eigenvalue weighted by molar-refractivity contribution is 5.77. The zero-order valence-corrected chi connectivity index (χ0v) is 37.5. The van der Waals surface area contributed by atoms with Gasteiger partial charge in [-0.2, -0.15) is 0 Å². The summed E-state index contributed by atoms with van der Waals surface area (Å²) in [4.78, 5) is 14.4. The molecule has 0 aromatic carbocycles. The van der Waals surface area contributed by atoms with E-state index in [0.717, 1.165) is 12.0 Å². The smallest absolute Gasteiger partial charge is 0.314 e. The Bertz CT molecular complexity index is 1740. The Morgan fingerprint density at radius 3 is 1.60 bits per heavy atom. The molecule has 4 aliphatic carbocycles. The number of aliphatic hydroxyl groups excluding tert-OH is 14. The number of esters is 1. The molecular formula is C44H70O23. The van der Waals surface area contributed by atoms with E-state index in [4.69, 9.17) is 37.9 Å². The summed E-state index contributed by atoms with van der Waals surface area (Å²) in [6.07, 6.45) is -30.2. The number of hydrogen-bond acceptors (Lipinski definition) is 23. The van der Waals surface area contributed by atoms with Gasteiger partial charge >= 0.3 is 5.97 Å². The van der Waals surface area contributed by atoms with Gasteiger partial charge in [0.15, 0.2) is 18.9 Å². The monoisotopic (exact) mass is 966 g/mol. The molecule has 0 unspecified atom stereocenters. The average Bonchev–Trinajstić information content (AvgIpc) is 3.58. The van der Waals surface area contributed by atoms with Crippen molar-refractivity contribution < 1.29 is 114 Å². The van der Waals surface area contributed by atoms with Crippen LogP contribution >= 0.6 is 0 Å². The van der Waals surface area contributed by atoms with E-state index >= 15 is 0 Å². The van der Waals surface area contributed by atoms with Crippen LogP contribution in [-0.2, 0) is 42.7 Å². The van der Waals surface area contributed by atoms with E-state index < -0.39 is 172 Å².